The van der Waals surface area contributed by atoms with Crippen molar-refractivity contribution in [3.05, 3.63) is 47.5 Å². The minimum atomic E-state index is -0.671. The van der Waals surface area contributed by atoms with Gasteiger partial charge in [-0.3, -0.25) is 4.79 Å². The fraction of sp³-hybridized carbons (Fsp3) is 0.333. The highest BCUT2D eigenvalue weighted by Crippen LogP contribution is 2.05. The Bertz CT molecular complexity index is 462. The molecule has 1 N–H and O–H groups in total. The minimum absolute atomic E-state index is 0.286. The number of carbonyl (C=O) groups is 2. The molecule has 1 amide bonds. The number of amides is 1. The summed E-state index contributed by atoms with van der Waals surface area (Å²) in [4.78, 5) is 23.4. The van der Waals surface area contributed by atoms with E-state index in [9.17, 15) is 9.59 Å². The Hall–Kier alpha value is -2.10. The van der Waals surface area contributed by atoms with E-state index in [1.165, 1.54) is 13.2 Å². The van der Waals surface area contributed by atoms with E-state index in [4.69, 9.17) is 4.74 Å². The van der Waals surface area contributed by atoms with Crippen LogP contribution in [0.4, 0.5) is 0 Å². The van der Waals surface area contributed by atoms with Crippen molar-refractivity contribution >= 4 is 11.9 Å². The molecule has 0 aliphatic heterocycles. The Kier molecular flexibility index (Phi) is 5.79. The average molecular weight is 261 g/mol. The van der Waals surface area contributed by atoms with Crippen LogP contribution in [0.1, 0.15) is 19.4 Å². The van der Waals surface area contributed by atoms with Gasteiger partial charge < -0.3 is 10.1 Å². The number of benzene rings is 1. The average Bonchev–Trinajstić information content (AvgIpc) is 2.37. The topological polar surface area (TPSA) is 55.4 Å². The van der Waals surface area contributed by atoms with Gasteiger partial charge >= 0.3 is 5.97 Å². The van der Waals surface area contributed by atoms with Crippen LogP contribution in [0.5, 0.6) is 0 Å². The second-order valence-electron chi connectivity index (χ2n) is 4.50. The molecule has 1 atom stereocenters. The zero-order valence-electron chi connectivity index (χ0n) is 11.5. The molecule has 1 rings (SSSR count). The van der Waals surface area contributed by atoms with Gasteiger partial charge in [0.2, 0.25) is 5.91 Å². The number of allylic oxidation sites excluding steroid dienone is 1. The molecule has 1 unspecified atom stereocenters. The Balaban J connectivity index is 2.76. The van der Waals surface area contributed by atoms with E-state index >= 15 is 0 Å². The van der Waals surface area contributed by atoms with E-state index in [2.05, 4.69) is 5.32 Å². The number of hydrogen-bond donors (Lipinski definition) is 1. The molecule has 0 saturated carbocycles. The van der Waals surface area contributed by atoms with Gasteiger partial charge in [0.05, 0.1) is 7.11 Å². The van der Waals surface area contributed by atoms with Gasteiger partial charge in [-0.05, 0) is 19.4 Å². The van der Waals surface area contributed by atoms with E-state index in [1.807, 2.05) is 44.2 Å². The maximum Gasteiger partial charge on any atom is 0.328 e. The summed E-state index contributed by atoms with van der Waals surface area (Å²) in [5.41, 5.74) is 1.84. The predicted molar refractivity (Wildman–Crippen MR) is 73.5 cm³/mol. The van der Waals surface area contributed by atoms with Gasteiger partial charge in [-0.2, -0.15) is 0 Å². The summed E-state index contributed by atoms with van der Waals surface area (Å²) in [6.07, 6.45) is 1.87. The molecule has 19 heavy (non-hydrogen) atoms. The van der Waals surface area contributed by atoms with Crippen molar-refractivity contribution in [2.24, 2.45) is 0 Å². The molecule has 0 heterocycles. The lowest BCUT2D eigenvalue weighted by Crippen LogP contribution is -2.42. The zero-order valence-corrected chi connectivity index (χ0v) is 11.5. The van der Waals surface area contributed by atoms with Gasteiger partial charge in [-0.1, -0.05) is 35.9 Å². The highest BCUT2D eigenvalue weighted by molar-refractivity contribution is 5.92. The summed E-state index contributed by atoms with van der Waals surface area (Å²) < 4.78 is 4.72. The number of rotatable bonds is 5. The minimum Gasteiger partial charge on any atom is -0.467 e. The Morgan fingerprint density at radius 3 is 2.42 bits per heavy atom. The first-order valence-corrected chi connectivity index (χ1v) is 6.10. The van der Waals surface area contributed by atoms with Gasteiger partial charge in [0, 0.05) is 12.5 Å². The van der Waals surface area contributed by atoms with Crippen LogP contribution < -0.4 is 5.32 Å². The third-order valence-corrected chi connectivity index (χ3v) is 2.50. The Labute approximate surface area is 113 Å². The second kappa shape index (κ2) is 7.36. The number of nitrogens with one attached hydrogen (secondary N) is 1. The fourth-order valence-corrected chi connectivity index (χ4v) is 1.66. The molecule has 0 bridgehead atoms. The molecule has 0 aromatic heterocycles. The van der Waals surface area contributed by atoms with Crippen LogP contribution in [0.25, 0.3) is 0 Å². The molecule has 1 aromatic rings. The first-order chi connectivity index (χ1) is 9.02. The number of methoxy groups -OCH3 is 1. The van der Waals surface area contributed by atoms with Crippen LogP contribution in [-0.2, 0) is 20.7 Å². The molecule has 102 valence electrons. The molecule has 4 heteroatoms. The summed E-state index contributed by atoms with van der Waals surface area (Å²) in [5.74, 6) is -0.731. The fourth-order valence-electron chi connectivity index (χ4n) is 1.66. The molecule has 0 saturated heterocycles. The Morgan fingerprint density at radius 2 is 1.89 bits per heavy atom. The molecule has 1 aromatic carbocycles. The van der Waals surface area contributed by atoms with Gasteiger partial charge in [0.15, 0.2) is 0 Å². The molecular formula is C15H19NO3. The van der Waals surface area contributed by atoms with Crippen molar-refractivity contribution < 1.29 is 14.3 Å². The lowest BCUT2D eigenvalue weighted by Gasteiger charge is -2.15. The Morgan fingerprint density at radius 1 is 1.26 bits per heavy atom. The van der Waals surface area contributed by atoms with Gasteiger partial charge in [-0.25, -0.2) is 4.79 Å². The van der Waals surface area contributed by atoms with Crippen LogP contribution in [0.3, 0.4) is 0 Å². The van der Waals surface area contributed by atoms with E-state index in [0.29, 0.717) is 6.42 Å². The lowest BCUT2D eigenvalue weighted by atomic mass is 10.1. The monoisotopic (exact) mass is 261 g/mol. The summed E-state index contributed by atoms with van der Waals surface area (Å²) in [5, 5.41) is 2.66. The number of carbonyl (C=O) groups excluding carboxylic acids is 2. The third kappa shape index (κ3) is 5.38. The van der Waals surface area contributed by atoms with Crippen molar-refractivity contribution in [1.82, 2.24) is 5.32 Å². The number of ether oxygens (including phenoxy) is 1. The van der Waals surface area contributed by atoms with E-state index < -0.39 is 12.0 Å². The molecule has 0 spiro atoms. The van der Waals surface area contributed by atoms with Crippen LogP contribution in [0.2, 0.25) is 0 Å². The van der Waals surface area contributed by atoms with Crippen molar-refractivity contribution in [3.63, 3.8) is 0 Å². The number of hydrogen-bond acceptors (Lipinski definition) is 3. The van der Waals surface area contributed by atoms with Crippen molar-refractivity contribution in [3.8, 4) is 0 Å². The van der Waals surface area contributed by atoms with Crippen LogP contribution in [0, 0.1) is 0 Å². The highest BCUT2D eigenvalue weighted by Gasteiger charge is 2.20. The maximum absolute atomic E-state index is 11.7. The molecule has 0 aliphatic carbocycles. The predicted octanol–water partition coefficient (Wildman–Crippen LogP) is 1.85. The lowest BCUT2D eigenvalue weighted by molar-refractivity contribution is -0.144. The maximum atomic E-state index is 11.7. The van der Waals surface area contributed by atoms with Gasteiger partial charge in [0.1, 0.15) is 6.04 Å². The molecule has 4 nitrogen and oxygen atoms in total. The largest absolute Gasteiger partial charge is 0.467 e. The zero-order chi connectivity index (χ0) is 14.3. The van der Waals surface area contributed by atoms with Crippen LogP contribution in [0.15, 0.2) is 42.0 Å². The van der Waals surface area contributed by atoms with Gasteiger partial charge in [-0.15, -0.1) is 0 Å². The first kappa shape index (κ1) is 15.0. The highest BCUT2D eigenvalue weighted by atomic mass is 16.5. The molecule has 0 fully saturated rings. The van der Waals surface area contributed by atoms with E-state index in [1.54, 1.807) is 0 Å². The molecule has 0 aliphatic rings. The SMILES string of the molecule is COC(=O)C(Cc1ccccc1)NC(=O)C=C(C)C. The summed E-state index contributed by atoms with van der Waals surface area (Å²) in [6, 6.07) is 8.82. The van der Waals surface area contributed by atoms with Crippen molar-refractivity contribution in [2.75, 3.05) is 7.11 Å². The quantitative estimate of drug-likeness (QED) is 0.650. The summed E-state index contributed by atoms with van der Waals surface area (Å²) in [7, 11) is 1.31. The van der Waals surface area contributed by atoms with E-state index in [0.717, 1.165) is 11.1 Å². The van der Waals surface area contributed by atoms with Crippen LogP contribution >= 0.6 is 0 Å². The van der Waals surface area contributed by atoms with Gasteiger partial charge in [0.25, 0.3) is 0 Å². The number of esters is 1. The van der Waals surface area contributed by atoms with Crippen molar-refractivity contribution in [2.45, 2.75) is 26.3 Å². The smallest absolute Gasteiger partial charge is 0.328 e. The van der Waals surface area contributed by atoms with E-state index in [-0.39, 0.29) is 5.91 Å². The molecular weight excluding hydrogens is 242 g/mol. The van der Waals surface area contributed by atoms with Crippen LogP contribution in [-0.4, -0.2) is 25.0 Å². The molecule has 0 radical (unpaired) electrons. The van der Waals surface area contributed by atoms with Crippen molar-refractivity contribution in [1.29, 1.82) is 0 Å². The standard InChI is InChI=1S/C15H19NO3/c1-11(2)9-14(17)16-13(15(18)19-3)10-12-7-5-4-6-8-12/h4-9,13H,10H2,1-3H3,(H,16,17). The normalized spacial score (nSPS) is 11.3. The summed E-state index contributed by atoms with van der Waals surface area (Å²) in [6.45, 7) is 3.65. The second-order valence-corrected chi connectivity index (χ2v) is 4.50. The summed E-state index contributed by atoms with van der Waals surface area (Å²) >= 11 is 0. The third-order valence-electron chi connectivity index (χ3n) is 2.50. The first-order valence-electron chi connectivity index (χ1n) is 6.10.